The van der Waals surface area contributed by atoms with Gasteiger partial charge in [-0.05, 0) is 30.7 Å². The van der Waals surface area contributed by atoms with E-state index in [9.17, 15) is 0 Å². The van der Waals surface area contributed by atoms with Crippen molar-refractivity contribution < 1.29 is 4.74 Å². The van der Waals surface area contributed by atoms with Crippen LogP contribution >= 0.6 is 0 Å². The maximum atomic E-state index is 9.03. The summed E-state index contributed by atoms with van der Waals surface area (Å²) in [5.41, 5.74) is 2.52. The summed E-state index contributed by atoms with van der Waals surface area (Å²) in [5, 5.41) is 28.4. The fourth-order valence-electron chi connectivity index (χ4n) is 2.53. The van der Waals surface area contributed by atoms with Gasteiger partial charge in [-0.25, -0.2) is 0 Å². The molecule has 0 saturated carbocycles. The number of nitrogens with one attached hydrogen (secondary N) is 3. The molecule has 136 valence electrons. The molecule has 0 unspecified atom stereocenters. The van der Waals surface area contributed by atoms with E-state index in [0.717, 1.165) is 41.4 Å². The molecule has 3 aromatic carbocycles. The van der Waals surface area contributed by atoms with Crippen LogP contribution in [0.5, 0.6) is 0 Å². The number of benzene rings is 3. The van der Waals surface area contributed by atoms with Gasteiger partial charge >= 0.3 is 0 Å². The standard InChI is InChI=1S/C14H14N2.C8H8N2O/c1-2-9-16-14-8-7-11(10-15)12-5-3-4-6-13(12)14;9-6-11-8(10)7-4-2-1-3-5-7/h3-8,16H,2,9H2,1H3;1-6,9-10H. The smallest absolute Gasteiger partial charge is 0.220 e. The zero-order valence-electron chi connectivity index (χ0n) is 15.2. The quantitative estimate of drug-likeness (QED) is 0.434. The van der Waals surface area contributed by atoms with E-state index in [1.165, 1.54) is 0 Å². The van der Waals surface area contributed by atoms with Crippen molar-refractivity contribution in [3.63, 3.8) is 0 Å². The van der Waals surface area contributed by atoms with Crippen molar-refractivity contribution in [3.8, 4) is 6.07 Å². The fraction of sp³-hybridized carbons (Fsp3) is 0.136. The topological polar surface area (TPSA) is 92.8 Å². The maximum absolute atomic E-state index is 9.03. The molecule has 0 aromatic heterocycles. The van der Waals surface area contributed by atoms with Gasteiger partial charge in [0.15, 0.2) is 6.40 Å². The van der Waals surface area contributed by atoms with Gasteiger partial charge in [-0.2, -0.15) is 5.26 Å². The highest BCUT2D eigenvalue weighted by Gasteiger charge is 2.04. The Balaban J connectivity index is 0.000000208. The van der Waals surface area contributed by atoms with Gasteiger partial charge in [0, 0.05) is 28.6 Å². The normalized spacial score (nSPS) is 9.48. The van der Waals surface area contributed by atoms with Crippen LogP contribution in [0, 0.1) is 22.1 Å². The molecule has 0 amide bonds. The van der Waals surface area contributed by atoms with Gasteiger partial charge in [-0.15, -0.1) is 0 Å². The number of ether oxygens (including phenoxy) is 1. The van der Waals surface area contributed by atoms with Crippen LogP contribution in [0.2, 0.25) is 0 Å². The third-order valence-corrected chi connectivity index (χ3v) is 3.82. The second-order valence-electron chi connectivity index (χ2n) is 5.68. The summed E-state index contributed by atoms with van der Waals surface area (Å²) >= 11 is 0. The van der Waals surface area contributed by atoms with Crippen LogP contribution in [-0.4, -0.2) is 18.8 Å². The Hall–Kier alpha value is -3.65. The fourth-order valence-corrected chi connectivity index (χ4v) is 2.53. The van der Waals surface area contributed by atoms with E-state index in [1.54, 1.807) is 12.1 Å². The molecule has 5 nitrogen and oxygen atoms in total. The Labute approximate surface area is 159 Å². The second-order valence-corrected chi connectivity index (χ2v) is 5.68. The summed E-state index contributed by atoms with van der Waals surface area (Å²) < 4.78 is 4.55. The van der Waals surface area contributed by atoms with Gasteiger partial charge in [0.1, 0.15) is 0 Å². The van der Waals surface area contributed by atoms with Gasteiger partial charge in [-0.3, -0.25) is 10.8 Å². The minimum Gasteiger partial charge on any atom is -0.428 e. The number of nitrogens with zero attached hydrogens (tertiary/aromatic N) is 1. The molecular formula is C22H22N4O. The van der Waals surface area contributed by atoms with Crippen molar-refractivity contribution >= 4 is 28.8 Å². The zero-order valence-corrected chi connectivity index (χ0v) is 15.2. The molecule has 0 aliphatic carbocycles. The Morgan fingerprint density at radius 1 is 1.04 bits per heavy atom. The first kappa shape index (κ1) is 19.7. The van der Waals surface area contributed by atoms with Crippen molar-refractivity contribution in [2.24, 2.45) is 0 Å². The highest BCUT2D eigenvalue weighted by Crippen LogP contribution is 2.26. The number of fused-ring (bicyclic) bond motifs is 1. The Morgan fingerprint density at radius 3 is 2.33 bits per heavy atom. The largest absolute Gasteiger partial charge is 0.428 e. The first-order chi connectivity index (χ1) is 13.2. The van der Waals surface area contributed by atoms with Gasteiger partial charge in [0.05, 0.1) is 11.6 Å². The van der Waals surface area contributed by atoms with Crippen molar-refractivity contribution in [3.05, 3.63) is 77.9 Å². The number of nitriles is 1. The minimum absolute atomic E-state index is 0.000556. The first-order valence-electron chi connectivity index (χ1n) is 8.66. The van der Waals surface area contributed by atoms with E-state index in [-0.39, 0.29) is 5.90 Å². The average Bonchev–Trinajstić information content (AvgIpc) is 2.73. The summed E-state index contributed by atoms with van der Waals surface area (Å²) in [7, 11) is 0. The molecule has 0 aliphatic heterocycles. The predicted molar refractivity (Wildman–Crippen MR) is 111 cm³/mol. The van der Waals surface area contributed by atoms with E-state index in [1.807, 2.05) is 54.6 Å². The third-order valence-electron chi connectivity index (χ3n) is 3.82. The van der Waals surface area contributed by atoms with Gasteiger partial charge in [0.2, 0.25) is 5.90 Å². The highest BCUT2D eigenvalue weighted by atomic mass is 16.5. The second kappa shape index (κ2) is 10.4. The summed E-state index contributed by atoms with van der Waals surface area (Å²) in [5.74, 6) is 0.000556. The van der Waals surface area contributed by atoms with Crippen LogP contribution in [0.4, 0.5) is 5.69 Å². The molecule has 27 heavy (non-hydrogen) atoms. The lowest BCUT2D eigenvalue weighted by Crippen LogP contribution is -2.02. The SMILES string of the molecule is CCCNc1ccc(C#N)c2ccccc12.N=COC(=N)c1ccccc1. The van der Waals surface area contributed by atoms with Crippen LogP contribution in [0.25, 0.3) is 10.8 Å². The Bertz CT molecular complexity index is 945. The van der Waals surface area contributed by atoms with Gasteiger partial charge < -0.3 is 10.1 Å². The lowest BCUT2D eigenvalue weighted by atomic mass is 10.0. The van der Waals surface area contributed by atoms with E-state index in [0.29, 0.717) is 5.56 Å². The molecule has 0 saturated heterocycles. The highest BCUT2D eigenvalue weighted by molar-refractivity contribution is 5.97. The van der Waals surface area contributed by atoms with E-state index >= 15 is 0 Å². The van der Waals surface area contributed by atoms with E-state index in [4.69, 9.17) is 16.1 Å². The summed E-state index contributed by atoms with van der Waals surface area (Å²) in [4.78, 5) is 0. The Morgan fingerprint density at radius 2 is 1.70 bits per heavy atom. The van der Waals surface area contributed by atoms with Crippen molar-refractivity contribution in [2.45, 2.75) is 13.3 Å². The lowest BCUT2D eigenvalue weighted by Gasteiger charge is -2.09. The third kappa shape index (κ3) is 5.41. The molecule has 3 N–H and O–H groups in total. The number of rotatable bonds is 5. The van der Waals surface area contributed by atoms with Crippen molar-refractivity contribution in [1.29, 1.82) is 16.1 Å². The van der Waals surface area contributed by atoms with Crippen LogP contribution in [0.3, 0.4) is 0 Å². The minimum atomic E-state index is 0.000556. The molecule has 5 heteroatoms. The van der Waals surface area contributed by atoms with Crippen LogP contribution in [0.15, 0.2) is 66.7 Å². The van der Waals surface area contributed by atoms with Crippen molar-refractivity contribution in [1.82, 2.24) is 0 Å². The molecule has 0 atom stereocenters. The molecule has 0 spiro atoms. The summed E-state index contributed by atoms with van der Waals surface area (Å²) in [6, 6.07) is 23.1. The van der Waals surface area contributed by atoms with Crippen LogP contribution in [0.1, 0.15) is 24.5 Å². The molecular weight excluding hydrogens is 336 g/mol. The van der Waals surface area contributed by atoms with Crippen molar-refractivity contribution in [2.75, 3.05) is 11.9 Å². The molecule has 3 aromatic rings. The number of anilines is 1. The molecule has 0 fully saturated rings. The zero-order chi connectivity index (χ0) is 19.5. The van der Waals surface area contributed by atoms with Crippen LogP contribution < -0.4 is 5.32 Å². The molecule has 0 radical (unpaired) electrons. The van der Waals surface area contributed by atoms with Gasteiger partial charge in [-0.1, -0.05) is 49.4 Å². The van der Waals surface area contributed by atoms with E-state index < -0.39 is 0 Å². The molecule has 3 rings (SSSR count). The average molecular weight is 358 g/mol. The summed E-state index contributed by atoms with van der Waals surface area (Å²) in [6.07, 6.45) is 1.84. The van der Waals surface area contributed by atoms with Gasteiger partial charge in [0.25, 0.3) is 0 Å². The van der Waals surface area contributed by atoms with E-state index in [2.05, 4.69) is 23.0 Å². The molecule has 0 aliphatic rings. The number of hydrogen-bond acceptors (Lipinski definition) is 5. The first-order valence-corrected chi connectivity index (χ1v) is 8.66. The maximum Gasteiger partial charge on any atom is 0.220 e. The lowest BCUT2D eigenvalue weighted by molar-refractivity contribution is 0.561. The molecule has 0 bridgehead atoms. The van der Waals surface area contributed by atoms with Crippen LogP contribution in [-0.2, 0) is 4.74 Å². The monoisotopic (exact) mass is 358 g/mol. The number of hydrogen-bond donors (Lipinski definition) is 3. The summed E-state index contributed by atoms with van der Waals surface area (Å²) in [6.45, 7) is 3.09. The predicted octanol–water partition coefficient (Wildman–Crippen LogP) is 5.17. The Kier molecular flexibility index (Phi) is 7.55. The molecule has 0 heterocycles.